The summed E-state index contributed by atoms with van der Waals surface area (Å²) in [5.74, 6) is 0.482. The molecule has 10 heteroatoms. The maximum atomic E-state index is 11.9. The van der Waals surface area contributed by atoms with E-state index in [2.05, 4.69) is 20.5 Å². The number of nitro benzene ring substituents is 1. The van der Waals surface area contributed by atoms with Gasteiger partial charge in [-0.05, 0) is 38.1 Å². The molecule has 0 unspecified atom stereocenters. The number of carbonyl (C=O) groups is 1. The molecule has 2 heterocycles. The summed E-state index contributed by atoms with van der Waals surface area (Å²) in [5, 5.41) is 15.5. The van der Waals surface area contributed by atoms with E-state index in [4.69, 9.17) is 4.42 Å². The second kappa shape index (κ2) is 9.11. The molecule has 0 aliphatic rings. The number of aryl methyl sites for hydroxylation is 2. The number of amides is 1. The second-order valence-corrected chi connectivity index (χ2v) is 6.93. The lowest BCUT2D eigenvalue weighted by molar-refractivity contribution is -0.384. The molecule has 1 aromatic carbocycles. The van der Waals surface area contributed by atoms with Gasteiger partial charge in [0.1, 0.15) is 11.5 Å². The second-order valence-electron chi connectivity index (χ2n) is 5.99. The van der Waals surface area contributed by atoms with E-state index in [1.54, 1.807) is 30.3 Å². The highest BCUT2D eigenvalue weighted by molar-refractivity contribution is 7.99. The Bertz CT molecular complexity index is 1060. The maximum absolute atomic E-state index is 11.9. The number of hydrogen-bond donors (Lipinski definition) is 1. The van der Waals surface area contributed by atoms with E-state index < -0.39 is 4.92 Å². The van der Waals surface area contributed by atoms with Crippen LogP contribution < -0.4 is 5.43 Å². The fourth-order valence-electron chi connectivity index (χ4n) is 2.50. The first-order valence-electron chi connectivity index (χ1n) is 8.53. The van der Waals surface area contributed by atoms with Crippen molar-refractivity contribution in [3.63, 3.8) is 0 Å². The predicted octanol–water partition coefficient (Wildman–Crippen LogP) is 3.50. The zero-order valence-corrected chi connectivity index (χ0v) is 16.5. The highest BCUT2D eigenvalue weighted by Crippen LogP contribution is 2.30. The first-order valence-corrected chi connectivity index (χ1v) is 9.51. The first kappa shape index (κ1) is 20.2. The predicted molar refractivity (Wildman–Crippen MR) is 109 cm³/mol. The van der Waals surface area contributed by atoms with E-state index in [0.717, 1.165) is 11.4 Å². The quantitative estimate of drug-likeness (QED) is 0.207. The molecule has 29 heavy (non-hydrogen) atoms. The molecule has 3 rings (SSSR count). The number of nitrogens with zero attached hydrogens (tertiary/aromatic N) is 4. The molecule has 1 amide bonds. The third-order valence-corrected chi connectivity index (χ3v) is 4.52. The van der Waals surface area contributed by atoms with Gasteiger partial charge < -0.3 is 4.42 Å². The van der Waals surface area contributed by atoms with Crippen LogP contribution in [0.1, 0.15) is 17.1 Å². The maximum Gasteiger partial charge on any atom is 0.280 e. The van der Waals surface area contributed by atoms with Gasteiger partial charge in [0, 0.05) is 17.5 Å². The summed E-state index contributed by atoms with van der Waals surface area (Å²) in [6, 6.07) is 11.4. The average molecular weight is 411 g/mol. The molecule has 0 aliphatic heterocycles. The molecule has 0 bridgehead atoms. The molecule has 148 valence electrons. The molecule has 0 spiro atoms. The van der Waals surface area contributed by atoms with Crippen molar-refractivity contribution >= 4 is 29.6 Å². The van der Waals surface area contributed by atoms with Crippen LogP contribution >= 0.6 is 11.8 Å². The average Bonchev–Trinajstić information content (AvgIpc) is 3.14. The first-order chi connectivity index (χ1) is 13.9. The number of thioether (sulfide) groups is 1. The third-order valence-electron chi connectivity index (χ3n) is 3.67. The van der Waals surface area contributed by atoms with E-state index in [1.165, 1.54) is 24.0 Å². The number of benzene rings is 1. The molecular weight excluding hydrogens is 394 g/mol. The highest BCUT2D eigenvalue weighted by Gasteiger charge is 2.16. The topological polar surface area (TPSA) is 124 Å². The number of hydrazone groups is 1. The lowest BCUT2D eigenvalue weighted by Crippen LogP contribution is -2.19. The molecule has 0 aliphatic carbocycles. The summed E-state index contributed by atoms with van der Waals surface area (Å²) >= 11 is 1.21. The SMILES string of the molecule is Cc1cc(C)nc(SCC(=O)N/N=C/c2ccc(-c3ccccc3[N+](=O)[O-])o2)n1. The van der Waals surface area contributed by atoms with Crippen molar-refractivity contribution in [1.82, 2.24) is 15.4 Å². The molecule has 0 fully saturated rings. The Morgan fingerprint density at radius 1 is 1.24 bits per heavy atom. The van der Waals surface area contributed by atoms with Gasteiger partial charge in [0.25, 0.3) is 11.6 Å². The largest absolute Gasteiger partial charge is 0.455 e. The Labute approximate surface area is 170 Å². The van der Waals surface area contributed by atoms with E-state index in [9.17, 15) is 14.9 Å². The van der Waals surface area contributed by atoms with Crippen LogP contribution in [-0.4, -0.2) is 32.8 Å². The lowest BCUT2D eigenvalue weighted by Gasteiger charge is -2.02. The number of nitro groups is 1. The van der Waals surface area contributed by atoms with Gasteiger partial charge in [0.2, 0.25) is 0 Å². The Morgan fingerprint density at radius 3 is 2.69 bits per heavy atom. The van der Waals surface area contributed by atoms with Gasteiger partial charge in [0.15, 0.2) is 5.16 Å². The molecule has 0 radical (unpaired) electrons. The molecule has 0 atom stereocenters. The van der Waals surface area contributed by atoms with Crippen molar-refractivity contribution in [2.45, 2.75) is 19.0 Å². The van der Waals surface area contributed by atoms with Crippen molar-refractivity contribution in [1.29, 1.82) is 0 Å². The summed E-state index contributed by atoms with van der Waals surface area (Å²) in [6.45, 7) is 3.73. The van der Waals surface area contributed by atoms with Gasteiger partial charge in [-0.15, -0.1) is 0 Å². The van der Waals surface area contributed by atoms with Gasteiger partial charge in [-0.3, -0.25) is 14.9 Å². The fourth-order valence-corrected chi connectivity index (χ4v) is 3.24. The van der Waals surface area contributed by atoms with Crippen LogP contribution in [0.5, 0.6) is 0 Å². The third kappa shape index (κ3) is 5.48. The standard InChI is InChI=1S/C19H17N5O4S/c1-12-9-13(2)22-19(21-12)29-11-18(25)23-20-10-14-7-8-17(28-14)15-5-3-4-6-16(15)24(26)27/h3-10H,11H2,1-2H3,(H,23,25)/b20-10+. The minimum atomic E-state index is -0.469. The van der Waals surface area contributed by atoms with Crippen LogP contribution in [0.2, 0.25) is 0 Å². The number of nitrogens with one attached hydrogen (secondary N) is 1. The van der Waals surface area contributed by atoms with Crippen molar-refractivity contribution in [3.8, 4) is 11.3 Å². The van der Waals surface area contributed by atoms with Gasteiger partial charge in [-0.2, -0.15) is 5.10 Å². The van der Waals surface area contributed by atoms with Gasteiger partial charge in [-0.1, -0.05) is 23.9 Å². The molecule has 0 saturated heterocycles. The van der Waals surface area contributed by atoms with Gasteiger partial charge >= 0.3 is 0 Å². The van der Waals surface area contributed by atoms with Crippen molar-refractivity contribution < 1.29 is 14.1 Å². The van der Waals surface area contributed by atoms with Crippen LogP contribution in [0, 0.1) is 24.0 Å². The number of hydrogen-bond acceptors (Lipinski definition) is 8. The Balaban J connectivity index is 1.57. The number of aromatic nitrogens is 2. The lowest BCUT2D eigenvalue weighted by atomic mass is 10.1. The van der Waals surface area contributed by atoms with Crippen LogP contribution in [0.3, 0.4) is 0 Å². The Hall–Kier alpha value is -3.53. The number of furan rings is 1. The van der Waals surface area contributed by atoms with Crippen molar-refractivity contribution in [3.05, 3.63) is 69.7 Å². The van der Waals surface area contributed by atoms with Gasteiger partial charge in [-0.25, -0.2) is 15.4 Å². The Morgan fingerprint density at radius 2 is 1.97 bits per heavy atom. The summed E-state index contributed by atoms with van der Waals surface area (Å²) < 4.78 is 5.57. The summed E-state index contributed by atoms with van der Waals surface area (Å²) in [7, 11) is 0. The van der Waals surface area contributed by atoms with E-state index in [1.807, 2.05) is 19.9 Å². The summed E-state index contributed by atoms with van der Waals surface area (Å²) in [5.41, 5.74) is 4.39. The number of rotatable bonds is 7. The van der Waals surface area contributed by atoms with Crippen LogP contribution in [0.15, 0.2) is 57.1 Å². The number of para-hydroxylation sites is 1. The molecule has 2 aromatic heterocycles. The minimum Gasteiger partial charge on any atom is -0.455 e. The number of carbonyl (C=O) groups excluding carboxylic acids is 1. The Kier molecular flexibility index (Phi) is 6.35. The van der Waals surface area contributed by atoms with Crippen molar-refractivity contribution in [2.75, 3.05) is 5.75 Å². The van der Waals surface area contributed by atoms with Crippen LogP contribution in [-0.2, 0) is 4.79 Å². The van der Waals surface area contributed by atoms with Crippen LogP contribution in [0.4, 0.5) is 5.69 Å². The molecule has 3 aromatic rings. The monoisotopic (exact) mass is 411 g/mol. The van der Waals surface area contributed by atoms with Crippen molar-refractivity contribution in [2.24, 2.45) is 5.10 Å². The van der Waals surface area contributed by atoms with Crippen LogP contribution in [0.25, 0.3) is 11.3 Å². The molecule has 9 nitrogen and oxygen atoms in total. The molecule has 0 saturated carbocycles. The zero-order chi connectivity index (χ0) is 20.8. The van der Waals surface area contributed by atoms with E-state index >= 15 is 0 Å². The van der Waals surface area contributed by atoms with Gasteiger partial charge in [0.05, 0.1) is 22.5 Å². The molecular formula is C19H17N5O4S. The summed E-state index contributed by atoms with van der Waals surface area (Å²) in [4.78, 5) is 31.1. The van der Waals surface area contributed by atoms with E-state index in [-0.39, 0.29) is 17.3 Å². The highest BCUT2D eigenvalue weighted by atomic mass is 32.2. The minimum absolute atomic E-state index is 0.0516. The van der Waals surface area contributed by atoms with E-state index in [0.29, 0.717) is 22.2 Å². The fraction of sp³-hybridized carbons (Fsp3) is 0.158. The smallest absolute Gasteiger partial charge is 0.280 e. The summed E-state index contributed by atoms with van der Waals surface area (Å²) in [6.07, 6.45) is 1.33. The molecule has 1 N–H and O–H groups in total. The normalized spacial score (nSPS) is 11.0. The zero-order valence-electron chi connectivity index (χ0n) is 15.7.